The number of ether oxygens (including phenoxy) is 1. The third-order valence-corrected chi connectivity index (χ3v) is 1.14. The topological polar surface area (TPSA) is 32.3 Å². The van der Waals surface area contributed by atoms with Gasteiger partial charge in [0.25, 0.3) is 0 Å². The Morgan fingerprint density at radius 3 is 2.40 bits per heavy atom. The van der Waals surface area contributed by atoms with Crippen LogP contribution in [0, 0.1) is 0 Å². The lowest BCUT2D eigenvalue weighted by Gasteiger charge is -2.16. The lowest BCUT2D eigenvalue weighted by molar-refractivity contribution is -0.359. The van der Waals surface area contributed by atoms with Crippen LogP contribution in [-0.4, -0.2) is 6.61 Å². The van der Waals surface area contributed by atoms with E-state index >= 15 is 0 Å². The fourth-order valence-corrected chi connectivity index (χ4v) is 0.454. The molecule has 0 atom stereocenters. The van der Waals surface area contributed by atoms with E-state index in [1.54, 1.807) is 13.8 Å². The first-order valence-corrected chi connectivity index (χ1v) is 3.65. The van der Waals surface area contributed by atoms with Crippen molar-refractivity contribution in [2.45, 2.75) is 33.6 Å². The smallest absolute Gasteiger partial charge is 0.0498 e. The highest BCUT2D eigenvalue weighted by atomic mass is 16.6. The van der Waals surface area contributed by atoms with Crippen molar-refractivity contribution in [3.05, 3.63) is 11.5 Å². The summed E-state index contributed by atoms with van der Waals surface area (Å²) in [7, 11) is 0. The first kappa shape index (κ1) is 9.34. The van der Waals surface area contributed by atoms with Gasteiger partial charge in [-0.15, -0.1) is 0 Å². The SMILES string of the molecule is CCCCOC([O-])=C(C)C. The molecular weight excluding hydrogens is 128 g/mol. The molecule has 0 radical (unpaired) electrons. The van der Waals surface area contributed by atoms with Crippen LogP contribution in [0.25, 0.3) is 0 Å². The Kier molecular flexibility index (Phi) is 4.81. The molecule has 0 amide bonds. The fourth-order valence-electron chi connectivity index (χ4n) is 0.454. The van der Waals surface area contributed by atoms with Crippen LogP contribution in [0.1, 0.15) is 33.6 Å². The summed E-state index contributed by atoms with van der Waals surface area (Å²) < 4.78 is 4.87. The molecule has 2 heteroatoms. The molecule has 0 spiro atoms. The summed E-state index contributed by atoms with van der Waals surface area (Å²) in [4.78, 5) is 0. The number of hydrogen-bond donors (Lipinski definition) is 0. The molecule has 0 saturated carbocycles. The van der Waals surface area contributed by atoms with Crippen LogP contribution in [0.3, 0.4) is 0 Å². The second-order valence-corrected chi connectivity index (χ2v) is 2.49. The molecule has 0 aromatic heterocycles. The van der Waals surface area contributed by atoms with Crippen LogP contribution in [0.15, 0.2) is 11.5 Å². The highest BCUT2D eigenvalue weighted by Crippen LogP contribution is 1.98. The van der Waals surface area contributed by atoms with Gasteiger partial charge in [0.1, 0.15) is 0 Å². The minimum absolute atomic E-state index is 0.173. The third-order valence-electron chi connectivity index (χ3n) is 1.14. The number of hydrogen-bond acceptors (Lipinski definition) is 2. The first-order valence-electron chi connectivity index (χ1n) is 3.65. The molecule has 0 N–H and O–H groups in total. The number of unbranched alkanes of at least 4 members (excludes halogenated alkanes) is 1. The molecule has 0 unspecified atom stereocenters. The quantitative estimate of drug-likeness (QED) is 0.440. The van der Waals surface area contributed by atoms with Gasteiger partial charge in [0.2, 0.25) is 0 Å². The van der Waals surface area contributed by atoms with Crippen LogP contribution in [0.5, 0.6) is 0 Å². The van der Waals surface area contributed by atoms with E-state index in [2.05, 4.69) is 6.92 Å². The van der Waals surface area contributed by atoms with Crippen molar-refractivity contribution >= 4 is 0 Å². The van der Waals surface area contributed by atoms with Gasteiger partial charge < -0.3 is 9.84 Å². The Morgan fingerprint density at radius 2 is 2.00 bits per heavy atom. The van der Waals surface area contributed by atoms with E-state index in [1.165, 1.54) is 0 Å². The fraction of sp³-hybridized carbons (Fsp3) is 0.750. The van der Waals surface area contributed by atoms with Gasteiger partial charge in [-0.3, -0.25) is 0 Å². The van der Waals surface area contributed by atoms with Crippen molar-refractivity contribution in [1.29, 1.82) is 0 Å². The highest BCUT2D eigenvalue weighted by molar-refractivity contribution is 4.91. The second kappa shape index (κ2) is 5.15. The number of allylic oxidation sites excluding steroid dienone is 1. The lowest BCUT2D eigenvalue weighted by Crippen LogP contribution is -2.10. The van der Waals surface area contributed by atoms with E-state index in [0.717, 1.165) is 18.4 Å². The van der Waals surface area contributed by atoms with Gasteiger partial charge >= 0.3 is 0 Å². The largest absolute Gasteiger partial charge is 0.613 e. The predicted octanol–water partition coefficient (Wildman–Crippen LogP) is 1.41. The van der Waals surface area contributed by atoms with Crippen molar-refractivity contribution in [3.8, 4) is 0 Å². The van der Waals surface area contributed by atoms with Gasteiger partial charge in [0.05, 0.1) is 0 Å². The highest BCUT2D eigenvalue weighted by Gasteiger charge is 1.83. The Hall–Kier alpha value is -0.660. The molecule has 0 aromatic carbocycles. The van der Waals surface area contributed by atoms with E-state index < -0.39 is 0 Å². The Morgan fingerprint density at radius 1 is 1.40 bits per heavy atom. The van der Waals surface area contributed by atoms with Crippen LogP contribution in [0.2, 0.25) is 0 Å². The van der Waals surface area contributed by atoms with Crippen LogP contribution in [0.4, 0.5) is 0 Å². The minimum Gasteiger partial charge on any atom is -0.613 e. The molecule has 0 aliphatic rings. The normalized spacial score (nSPS) is 9.10. The molecule has 0 saturated heterocycles. The molecule has 0 aromatic rings. The van der Waals surface area contributed by atoms with Crippen molar-refractivity contribution in [2.75, 3.05) is 6.61 Å². The molecule has 0 aliphatic carbocycles. The standard InChI is InChI=1S/C8H16O2/c1-4-5-6-10-8(9)7(2)3/h9H,4-6H2,1-3H3/p-1. The number of rotatable bonds is 4. The summed E-state index contributed by atoms with van der Waals surface area (Å²) in [6.07, 6.45) is 2.02. The molecule has 10 heavy (non-hydrogen) atoms. The van der Waals surface area contributed by atoms with Crippen molar-refractivity contribution < 1.29 is 9.84 Å². The molecule has 0 rings (SSSR count). The van der Waals surface area contributed by atoms with E-state index in [0.29, 0.717) is 6.61 Å². The molecule has 60 valence electrons. The molecule has 0 bridgehead atoms. The summed E-state index contributed by atoms with van der Waals surface area (Å²) in [6.45, 7) is 6.14. The van der Waals surface area contributed by atoms with Gasteiger partial charge in [-0.25, -0.2) is 0 Å². The summed E-state index contributed by atoms with van der Waals surface area (Å²) in [6, 6.07) is 0. The maximum absolute atomic E-state index is 10.8. The summed E-state index contributed by atoms with van der Waals surface area (Å²) in [5.41, 5.74) is 0.719. The van der Waals surface area contributed by atoms with Crippen molar-refractivity contribution in [1.82, 2.24) is 0 Å². The molecular formula is C8H15O2-. The van der Waals surface area contributed by atoms with E-state index in [9.17, 15) is 5.11 Å². The Balaban J connectivity index is 3.40. The van der Waals surface area contributed by atoms with E-state index in [-0.39, 0.29) is 5.95 Å². The van der Waals surface area contributed by atoms with Crippen molar-refractivity contribution in [2.24, 2.45) is 0 Å². The zero-order valence-corrected chi connectivity index (χ0v) is 6.94. The minimum atomic E-state index is -0.173. The second-order valence-electron chi connectivity index (χ2n) is 2.49. The van der Waals surface area contributed by atoms with Gasteiger partial charge in [-0.05, 0) is 26.9 Å². The maximum atomic E-state index is 10.8. The van der Waals surface area contributed by atoms with Gasteiger partial charge in [0, 0.05) is 5.95 Å². The lowest BCUT2D eigenvalue weighted by atomic mass is 10.3. The molecule has 0 fully saturated rings. The maximum Gasteiger partial charge on any atom is 0.0498 e. The average molecular weight is 143 g/mol. The van der Waals surface area contributed by atoms with Crippen LogP contribution < -0.4 is 5.11 Å². The predicted molar refractivity (Wildman–Crippen MR) is 39.2 cm³/mol. The van der Waals surface area contributed by atoms with E-state index in [1.807, 2.05) is 0 Å². The van der Waals surface area contributed by atoms with Crippen LogP contribution >= 0.6 is 0 Å². The van der Waals surface area contributed by atoms with Gasteiger partial charge in [0.15, 0.2) is 0 Å². The average Bonchev–Trinajstić information content (AvgIpc) is 1.88. The van der Waals surface area contributed by atoms with E-state index in [4.69, 9.17) is 4.74 Å². The van der Waals surface area contributed by atoms with Gasteiger partial charge in [-0.2, -0.15) is 0 Å². The molecule has 0 aliphatic heterocycles. The zero-order chi connectivity index (χ0) is 7.98. The van der Waals surface area contributed by atoms with Crippen molar-refractivity contribution in [3.63, 3.8) is 0 Å². The molecule has 0 heterocycles. The Bertz CT molecular complexity index is 112. The summed E-state index contributed by atoms with van der Waals surface area (Å²) in [5, 5.41) is 10.8. The van der Waals surface area contributed by atoms with Gasteiger partial charge in [-0.1, -0.05) is 18.9 Å². The summed E-state index contributed by atoms with van der Waals surface area (Å²) >= 11 is 0. The Labute approximate surface area is 62.5 Å². The van der Waals surface area contributed by atoms with Crippen LogP contribution in [-0.2, 0) is 4.74 Å². The molecule has 2 nitrogen and oxygen atoms in total. The monoisotopic (exact) mass is 143 g/mol. The third kappa shape index (κ3) is 4.24. The first-order chi connectivity index (χ1) is 4.68. The summed E-state index contributed by atoms with van der Waals surface area (Å²) in [5.74, 6) is -0.173. The zero-order valence-electron chi connectivity index (χ0n) is 6.94.